The van der Waals surface area contributed by atoms with Gasteiger partial charge in [-0.15, -0.1) is 0 Å². The fourth-order valence-corrected chi connectivity index (χ4v) is 2.65. The Kier molecular flexibility index (Phi) is 6.29. The number of carbonyl (C=O) groups is 1. The van der Waals surface area contributed by atoms with Crippen LogP contribution in [0, 0.1) is 6.92 Å². The summed E-state index contributed by atoms with van der Waals surface area (Å²) in [6, 6.07) is 16.3. The molecule has 0 atom stereocenters. The van der Waals surface area contributed by atoms with Crippen LogP contribution in [0.3, 0.4) is 0 Å². The van der Waals surface area contributed by atoms with Gasteiger partial charge in [-0.2, -0.15) is 0 Å². The highest BCUT2D eigenvalue weighted by atomic mass is 16.5. The second-order valence-corrected chi connectivity index (χ2v) is 6.68. The lowest BCUT2D eigenvalue weighted by atomic mass is 10.2. The van der Waals surface area contributed by atoms with Crippen LogP contribution >= 0.6 is 0 Å². The van der Waals surface area contributed by atoms with E-state index in [1.165, 1.54) is 0 Å². The van der Waals surface area contributed by atoms with Crippen molar-refractivity contribution in [1.29, 1.82) is 0 Å². The van der Waals surface area contributed by atoms with Gasteiger partial charge >= 0.3 is 0 Å². The van der Waals surface area contributed by atoms with Crippen LogP contribution in [0.2, 0.25) is 0 Å². The van der Waals surface area contributed by atoms with E-state index in [1.54, 1.807) is 44.4 Å². The van der Waals surface area contributed by atoms with Crippen molar-refractivity contribution in [3.8, 4) is 11.5 Å². The molecule has 0 saturated carbocycles. The van der Waals surface area contributed by atoms with Gasteiger partial charge in [0.25, 0.3) is 5.91 Å². The van der Waals surface area contributed by atoms with E-state index in [9.17, 15) is 4.79 Å². The number of amides is 1. The molecule has 3 aromatic rings. The fraction of sp³-hybridized carbons (Fsp3) is 0.227. The van der Waals surface area contributed by atoms with Crippen LogP contribution in [0.1, 0.15) is 30.2 Å². The number of nitrogens with one attached hydrogen (secondary N) is 2. The number of aryl methyl sites for hydroxylation is 1. The molecule has 0 bridgehead atoms. The van der Waals surface area contributed by atoms with Crippen LogP contribution < -0.4 is 20.1 Å². The minimum atomic E-state index is -0.315. The van der Waals surface area contributed by atoms with Crippen LogP contribution in [0.25, 0.3) is 0 Å². The summed E-state index contributed by atoms with van der Waals surface area (Å²) >= 11 is 0. The molecular formula is C22H24N4O3. The zero-order valence-electron chi connectivity index (χ0n) is 16.9. The molecule has 7 nitrogen and oxygen atoms in total. The quantitative estimate of drug-likeness (QED) is 0.612. The van der Waals surface area contributed by atoms with E-state index in [2.05, 4.69) is 20.6 Å². The maximum Gasteiger partial charge on any atom is 0.274 e. The number of nitrogens with zero attached hydrogens (tertiary/aromatic N) is 2. The van der Waals surface area contributed by atoms with Crippen molar-refractivity contribution in [3.05, 3.63) is 66.1 Å². The van der Waals surface area contributed by atoms with Gasteiger partial charge in [-0.05, 0) is 69.3 Å². The highest BCUT2D eigenvalue weighted by Crippen LogP contribution is 2.21. The first-order valence-electron chi connectivity index (χ1n) is 9.28. The molecule has 2 N–H and O–H groups in total. The summed E-state index contributed by atoms with van der Waals surface area (Å²) in [4.78, 5) is 21.2. The average Bonchev–Trinajstić information content (AvgIpc) is 2.69. The van der Waals surface area contributed by atoms with Gasteiger partial charge in [0.05, 0.1) is 13.2 Å². The number of methoxy groups -OCH3 is 1. The molecule has 1 heterocycles. The molecule has 0 radical (unpaired) electrons. The Balaban J connectivity index is 1.72. The Morgan fingerprint density at radius 2 is 1.55 bits per heavy atom. The third-order valence-corrected chi connectivity index (χ3v) is 3.92. The Morgan fingerprint density at radius 3 is 2.17 bits per heavy atom. The topological polar surface area (TPSA) is 85.4 Å². The third kappa shape index (κ3) is 5.68. The first-order valence-corrected chi connectivity index (χ1v) is 9.28. The van der Waals surface area contributed by atoms with E-state index >= 15 is 0 Å². The number of hydrogen-bond donors (Lipinski definition) is 2. The molecule has 0 aliphatic carbocycles. The van der Waals surface area contributed by atoms with Crippen molar-refractivity contribution in [2.75, 3.05) is 17.7 Å². The standard InChI is InChI=1S/C22H24N4O3/c1-14(2)29-19-11-7-16(8-12-19)25-21-13-20(23-15(3)24-21)22(27)26-17-5-9-18(28-4)10-6-17/h5-14H,1-4H3,(H,26,27)(H,23,24,25). The summed E-state index contributed by atoms with van der Waals surface area (Å²) in [5.74, 6) is 2.23. The van der Waals surface area contributed by atoms with Crippen molar-refractivity contribution in [2.24, 2.45) is 0 Å². The Bertz CT molecular complexity index is 970. The van der Waals surface area contributed by atoms with Crippen LogP contribution in [-0.4, -0.2) is 29.1 Å². The second-order valence-electron chi connectivity index (χ2n) is 6.68. The van der Waals surface area contributed by atoms with E-state index in [0.717, 1.165) is 17.2 Å². The maximum atomic E-state index is 12.6. The molecule has 7 heteroatoms. The third-order valence-electron chi connectivity index (χ3n) is 3.92. The number of anilines is 3. The van der Waals surface area contributed by atoms with Crippen LogP contribution in [0.5, 0.6) is 11.5 Å². The van der Waals surface area contributed by atoms with E-state index in [-0.39, 0.29) is 17.7 Å². The van der Waals surface area contributed by atoms with Gasteiger partial charge in [-0.3, -0.25) is 4.79 Å². The summed E-state index contributed by atoms with van der Waals surface area (Å²) in [6.07, 6.45) is 0.116. The smallest absolute Gasteiger partial charge is 0.274 e. The molecule has 0 unspecified atom stereocenters. The largest absolute Gasteiger partial charge is 0.497 e. The van der Waals surface area contributed by atoms with Gasteiger partial charge < -0.3 is 20.1 Å². The second kappa shape index (κ2) is 9.05. The number of aromatic nitrogens is 2. The van der Waals surface area contributed by atoms with Gasteiger partial charge in [0.1, 0.15) is 28.8 Å². The summed E-state index contributed by atoms with van der Waals surface area (Å²) in [7, 11) is 1.59. The molecular weight excluding hydrogens is 368 g/mol. The van der Waals surface area contributed by atoms with Crippen LogP contribution in [0.15, 0.2) is 54.6 Å². The maximum absolute atomic E-state index is 12.6. The zero-order valence-corrected chi connectivity index (χ0v) is 16.9. The lowest BCUT2D eigenvalue weighted by Crippen LogP contribution is -2.15. The predicted molar refractivity (Wildman–Crippen MR) is 113 cm³/mol. The van der Waals surface area contributed by atoms with Gasteiger partial charge in [0, 0.05) is 17.4 Å². The van der Waals surface area contributed by atoms with Crippen molar-refractivity contribution < 1.29 is 14.3 Å². The Hall–Kier alpha value is -3.61. The molecule has 150 valence electrons. The predicted octanol–water partition coefficient (Wildman–Crippen LogP) is 4.58. The molecule has 0 aliphatic rings. The van der Waals surface area contributed by atoms with Crippen molar-refractivity contribution in [1.82, 2.24) is 9.97 Å². The minimum absolute atomic E-state index is 0.116. The number of hydrogen-bond acceptors (Lipinski definition) is 6. The van der Waals surface area contributed by atoms with E-state index in [1.807, 2.05) is 38.1 Å². The van der Waals surface area contributed by atoms with Crippen molar-refractivity contribution >= 4 is 23.1 Å². The number of carbonyl (C=O) groups excluding carboxylic acids is 1. The lowest BCUT2D eigenvalue weighted by Gasteiger charge is -2.12. The Labute approximate surface area is 170 Å². The van der Waals surface area contributed by atoms with Crippen molar-refractivity contribution in [2.45, 2.75) is 26.9 Å². The van der Waals surface area contributed by atoms with Gasteiger partial charge in [0.15, 0.2) is 0 Å². The normalized spacial score (nSPS) is 10.5. The average molecular weight is 392 g/mol. The molecule has 1 aromatic heterocycles. The van der Waals surface area contributed by atoms with Crippen LogP contribution in [-0.2, 0) is 0 Å². The summed E-state index contributed by atoms with van der Waals surface area (Å²) in [6.45, 7) is 5.71. The highest BCUT2D eigenvalue weighted by Gasteiger charge is 2.11. The van der Waals surface area contributed by atoms with Gasteiger partial charge in [-0.25, -0.2) is 9.97 Å². The Morgan fingerprint density at radius 1 is 0.931 bits per heavy atom. The molecule has 2 aromatic carbocycles. The molecule has 0 saturated heterocycles. The summed E-state index contributed by atoms with van der Waals surface area (Å²) in [5, 5.41) is 6.02. The van der Waals surface area contributed by atoms with Crippen LogP contribution in [0.4, 0.5) is 17.2 Å². The van der Waals surface area contributed by atoms with Gasteiger partial charge in [-0.1, -0.05) is 0 Å². The fourth-order valence-electron chi connectivity index (χ4n) is 2.65. The molecule has 3 rings (SSSR count). The molecule has 29 heavy (non-hydrogen) atoms. The van der Waals surface area contributed by atoms with E-state index in [4.69, 9.17) is 9.47 Å². The number of benzene rings is 2. The number of rotatable bonds is 7. The van der Waals surface area contributed by atoms with Gasteiger partial charge in [0.2, 0.25) is 0 Å². The lowest BCUT2D eigenvalue weighted by molar-refractivity contribution is 0.102. The molecule has 0 spiro atoms. The minimum Gasteiger partial charge on any atom is -0.497 e. The molecule has 1 amide bonds. The van der Waals surface area contributed by atoms with E-state index in [0.29, 0.717) is 17.3 Å². The SMILES string of the molecule is COc1ccc(NC(=O)c2cc(Nc3ccc(OC(C)C)cc3)nc(C)n2)cc1. The molecule has 0 fully saturated rings. The first kappa shape index (κ1) is 20.1. The monoisotopic (exact) mass is 392 g/mol. The zero-order chi connectivity index (χ0) is 20.8. The summed E-state index contributed by atoms with van der Waals surface area (Å²) < 4.78 is 10.8. The van der Waals surface area contributed by atoms with E-state index < -0.39 is 0 Å². The number of ether oxygens (including phenoxy) is 2. The first-order chi connectivity index (χ1) is 13.9. The summed E-state index contributed by atoms with van der Waals surface area (Å²) in [5.41, 5.74) is 1.76. The molecule has 0 aliphatic heterocycles. The van der Waals surface area contributed by atoms with Crippen molar-refractivity contribution in [3.63, 3.8) is 0 Å². The highest BCUT2D eigenvalue weighted by molar-refractivity contribution is 6.03.